The molecule has 0 bridgehead atoms. The number of imide groups is 1. The summed E-state index contributed by atoms with van der Waals surface area (Å²) in [7, 11) is 0. The highest BCUT2D eigenvalue weighted by molar-refractivity contribution is 6.00. The molecule has 0 unspecified atom stereocenters. The summed E-state index contributed by atoms with van der Waals surface area (Å²) in [5.41, 5.74) is 1.86. The highest BCUT2D eigenvalue weighted by Gasteiger charge is 2.37. The van der Waals surface area contributed by atoms with E-state index >= 15 is 0 Å². The third-order valence-electron chi connectivity index (χ3n) is 4.69. The van der Waals surface area contributed by atoms with Crippen molar-refractivity contribution in [3.8, 4) is 0 Å². The Kier molecular flexibility index (Phi) is 7.54. The summed E-state index contributed by atoms with van der Waals surface area (Å²) < 4.78 is 9.53. The predicted octanol–water partition coefficient (Wildman–Crippen LogP) is 2.37. The van der Waals surface area contributed by atoms with E-state index in [0.29, 0.717) is 0 Å². The second-order valence-corrected chi connectivity index (χ2v) is 6.65. The number of nitrogens with one attached hydrogen (secondary N) is 1. The van der Waals surface area contributed by atoms with Gasteiger partial charge in [0.25, 0.3) is 5.91 Å². The lowest BCUT2D eigenvalue weighted by Crippen LogP contribution is -2.35. The Morgan fingerprint density at radius 1 is 1.21 bits per heavy atom. The van der Waals surface area contributed by atoms with E-state index in [4.69, 9.17) is 4.74 Å². The normalized spacial score (nSPS) is 17.2. The molecule has 0 saturated carbocycles. The second kappa shape index (κ2) is 9.87. The van der Waals surface area contributed by atoms with Crippen LogP contribution in [0.1, 0.15) is 45.1 Å². The minimum atomic E-state index is -0.896. The van der Waals surface area contributed by atoms with Gasteiger partial charge in [-0.15, -0.1) is 0 Å². The van der Waals surface area contributed by atoms with Crippen molar-refractivity contribution in [1.29, 1.82) is 0 Å². The summed E-state index contributed by atoms with van der Waals surface area (Å²) in [6.07, 6.45) is 0.0557. The van der Waals surface area contributed by atoms with Crippen LogP contribution in [0.5, 0.6) is 0 Å². The molecule has 0 spiro atoms. The second-order valence-electron chi connectivity index (χ2n) is 6.65. The number of nitrogens with zero attached hydrogens (tertiary/aromatic N) is 1. The van der Waals surface area contributed by atoms with Gasteiger partial charge < -0.3 is 14.4 Å². The molecular formula is C20H26N2O6. The summed E-state index contributed by atoms with van der Waals surface area (Å²) in [6, 6.07) is 7.65. The number of alkyl carbamates (subject to hydrolysis) is 1. The molecule has 1 aliphatic rings. The molecular weight excluding hydrogens is 364 g/mol. The fourth-order valence-electron chi connectivity index (χ4n) is 3.04. The van der Waals surface area contributed by atoms with Crippen LogP contribution in [-0.2, 0) is 23.9 Å². The number of hydrogen-bond acceptors (Lipinski definition) is 6. The van der Waals surface area contributed by atoms with Crippen LogP contribution in [0.2, 0.25) is 0 Å². The lowest BCUT2D eigenvalue weighted by molar-refractivity contribution is -0.152. The smallest absolute Gasteiger partial charge is 0.413 e. The lowest BCUT2D eigenvalue weighted by atomic mass is 9.96. The molecule has 0 aromatic heterocycles. The Labute approximate surface area is 164 Å². The van der Waals surface area contributed by atoms with Gasteiger partial charge in [-0.05, 0) is 30.9 Å². The number of benzene rings is 1. The van der Waals surface area contributed by atoms with E-state index in [9.17, 15) is 19.2 Å². The Morgan fingerprint density at radius 2 is 1.93 bits per heavy atom. The number of ether oxygens (including phenoxy) is 2. The van der Waals surface area contributed by atoms with Crippen molar-refractivity contribution in [2.45, 2.75) is 39.5 Å². The van der Waals surface area contributed by atoms with Crippen LogP contribution in [0.4, 0.5) is 10.5 Å². The van der Waals surface area contributed by atoms with Gasteiger partial charge in [-0.1, -0.05) is 32.0 Å². The Balaban J connectivity index is 1.96. The number of para-hydroxylation sites is 1. The molecule has 0 aliphatic carbocycles. The zero-order chi connectivity index (χ0) is 20.7. The number of amides is 3. The van der Waals surface area contributed by atoms with Crippen molar-refractivity contribution in [3.05, 3.63) is 29.8 Å². The highest BCUT2D eigenvalue weighted by atomic mass is 16.6. The molecule has 152 valence electrons. The number of rotatable bonds is 7. The van der Waals surface area contributed by atoms with E-state index in [1.165, 1.54) is 0 Å². The molecule has 1 N–H and O–H groups in total. The molecule has 2 rings (SSSR count). The van der Waals surface area contributed by atoms with Gasteiger partial charge >= 0.3 is 12.1 Å². The van der Waals surface area contributed by atoms with E-state index in [1.54, 1.807) is 11.8 Å². The molecule has 2 atom stereocenters. The van der Waals surface area contributed by atoms with E-state index < -0.39 is 30.5 Å². The topological polar surface area (TPSA) is 102 Å². The molecule has 1 aromatic carbocycles. The minimum Gasteiger partial charge on any atom is -0.455 e. The number of esters is 1. The molecule has 1 heterocycles. The quantitative estimate of drug-likeness (QED) is 0.717. The standard InChI is InChI=1S/C20H26N2O6/c1-4-13(3)15-8-6-7-9-16(15)22-11-14(10-18(22)24)19(25)28-12-17(23)21-20(26)27-5-2/h6-9,13-14H,4-5,10-12H2,1-3H3,(H,21,23,26)/t13-,14+/m1/s1. The highest BCUT2D eigenvalue weighted by Crippen LogP contribution is 2.33. The van der Waals surface area contributed by atoms with Gasteiger partial charge in [-0.25, -0.2) is 4.79 Å². The van der Waals surface area contributed by atoms with Crippen molar-refractivity contribution in [3.63, 3.8) is 0 Å². The molecule has 3 amide bonds. The molecule has 8 heteroatoms. The van der Waals surface area contributed by atoms with Crippen LogP contribution < -0.4 is 10.2 Å². The number of anilines is 1. The average Bonchev–Trinajstić information content (AvgIpc) is 3.07. The maximum Gasteiger partial charge on any atom is 0.413 e. The van der Waals surface area contributed by atoms with Gasteiger partial charge in [-0.3, -0.25) is 19.7 Å². The first kappa shape index (κ1) is 21.4. The first-order valence-electron chi connectivity index (χ1n) is 9.39. The Bertz CT molecular complexity index is 748. The minimum absolute atomic E-state index is 0.0210. The molecule has 8 nitrogen and oxygen atoms in total. The van der Waals surface area contributed by atoms with Gasteiger partial charge in [0.05, 0.1) is 12.5 Å². The lowest BCUT2D eigenvalue weighted by Gasteiger charge is -2.23. The van der Waals surface area contributed by atoms with Gasteiger partial charge in [0.15, 0.2) is 6.61 Å². The largest absolute Gasteiger partial charge is 0.455 e. The fourth-order valence-corrected chi connectivity index (χ4v) is 3.04. The van der Waals surface area contributed by atoms with Crippen LogP contribution in [0, 0.1) is 5.92 Å². The Morgan fingerprint density at radius 3 is 2.61 bits per heavy atom. The molecule has 1 saturated heterocycles. The van der Waals surface area contributed by atoms with E-state index in [0.717, 1.165) is 17.7 Å². The fraction of sp³-hybridized carbons (Fsp3) is 0.500. The van der Waals surface area contributed by atoms with Crippen LogP contribution >= 0.6 is 0 Å². The van der Waals surface area contributed by atoms with Crippen molar-refractivity contribution >= 4 is 29.6 Å². The SMILES string of the molecule is CCOC(=O)NC(=O)COC(=O)[C@H]1CC(=O)N(c2ccccc2[C@H](C)CC)C1. The summed E-state index contributed by atoms with van der Waals surface area (Å²) in [5, 5.41) is 1.94. The number of carbonyl (C=O) groups excluding carboxylic acids is 4. The molecule has 28 heavy (non-hydrogen) atoms. The Hall–Kier alpha value is -2.90. The third-order valence-corrected chi connectivity index (χ3v) is 4.69. The first-order chi connectivity index (χ1) is 13.4. The first-order valence-corrected chi connectivity index (χ1v) is 9.39. The molecule has 0 radical (unpaired) electrons. The van der Waals surface area contributed by atoms with Crippen molar-refractivity contribution in [1.82, 2.24) is 5.32 Å². The van der Waals surface area contributed by atoms with Gasteiger partial charge in [0.2, 0.25) is 5.91 Å². The van der Waals surface area contributed by atoms with Crippen molar-refractivity contribution < 1.29 is 28.7 Å². The maximum absolute atomic E-state index is 12.5. The zero-order valence-corrected chi connectivity index (χ0v) is 16.4. The predicted molar refractivity (Wildman–Crippen MR) is 102 cm³/mol. The summed E-state index contributed by atoms with van der Waals surface area (Å²) >= 11 is 0. The number of carbonyl (C=O) groups is 4. The molecule has 1 fully saturated rings. The zero-order valence-electron chi connectivity index (χ0n) is 16.4. The van der Waals surface area contributed by atoms with Crippen LogP contribution in [0.3, 0.4) is 0 Å². The van der Waals surface area contributed by atoms with Crippen molar-refractivity contribution in [2.75, 3.05) is 24.7 Å². The monoisotopic (exact) mass is 390 g/mol. The average molecular weight is 390 g/mol. The van der Waals surface area contributed by atoms with Crippen LogP contribution in [0.15, 0.2) is 24.3 Å². The van der Waals surface area contributed by atoms with Crippen LogP contribution in [0.25, 0.3) is 0 Å². The summed E-state index contributed by atoms with van der Waals surface area (Å²) in [6.45, 7) is 5.49. The summed E-state index contributed by atoms with van der Waals surface area (Å²) in [5.74, 6) is -1.96. The van der Waals surface area contributed by atoms with Gasteiger partial charge in [-0.2, -0.15) is 0 Å². The van der Waals surface area contributed by atoms with Crippen molar-refractivity contribution in [2.24, 2.45) is 5.92 Å². The van der Waals surface area contributed by atoms with E-state index in [-0.39, 0.29) is 31.4 Å². The van der Waals surface area contributed by atoms with Crippen LogP contribution in [-0.4, -0.2) is 43.6 Å². The number of hydrogen-bond donors (Lipinski definition) is 1. The van der Waals surface area contributed by atoms with E-state index in [1.807, 2.05) is 29.6 Å². The maximum atomic E-state index is 12.5. The van der Waals surface area contributed by atoms with Gasteiger partial charge in [0, 0.05) is 18.7 Å². The molecule has 1 aliphatic heterocycles. The van der Waals surface area contributed by atoms with Gasteiger partial charge in [0.1, 0.15) is 0 Å². The van der Waals surface area contributed by atoms with E-state index in [2.05, 4.69) is 18.6 Å². The molecule has 1 aromatic rings. The summed E-state index contributed by atoms with van der Waals surface area (Å²) in [4.78, 5) is 49.1. The third kappa shape index (κ3) is 5.31.